The number of benzene rings is 2. The summed E-state index contributed by atoms with van der Waals surface area (Å²) in [6.07, 6.45) is 1.75. The predicted molar refractivity (Wildman–Crippen MR) is 144 cm³/mol. The lowest BCUT2D eigenvalue weighted by molar-refractivity contribution is -0.137. The second-order valence-corrected chi connectivity index (χ2v) is 9.99. The van der Waals surface area contributed by atoms with Crippen molar-refractivity contribution in [2.24, 2.45) is 0 Å². The van der Waals surface area contributed by atoms with Crippen LogP contribution in [0.25, 0.3) is 11.3 Å². The van der Waals surface area contributed by atoms with Crippen LogP contribution in [0.4, 0.5) is 4.79 Å². The molecular weight excluding hydrogens is 484 g/mol. The number of alkyl carbamates (subject to hydrolysis) is 1. The maximum Gasteiger partial charge on any atom is 0.407 e. The fraction of sp³-hybridized carbons (Fsp3) is 0.379. The molecule has 0 bridgehead atoms. The summed E-state index contributed by atoms with van der Waals surface area (Å²) in [6.45, 7) is 6.90. The van der Waals surface area contributed by atoms with Gasteiger partial charge in [0.2, 0.25) is 0 Å². The number of aliphatic carboxylic acids is 1. The highest BCUT2D eigenvalue weighted by atomic mass is 16.6. The van der Waals surface area contributed by atoms with Crippen molar-refractivity contribution in [1.29, 1.82) is 5.41 Å². The van der Waals surface area contributed by atoms with Crippen LogP contribution in [0.3, 0.4) is 0 Å². The zero-order valence-corrected chi connectivity index (χ0v) is 22.2. The molecule has 1 heterocycles. The molecule has 0 aliphatic rings. The molecule has 9 heteroatoms. The van der Waals surface area contributed by atoms with E-state index < -0.39 is 17.7 Å². The number of nitrogens with one attached hydrogen (secondary N) is 2. The molecule has 202 valence electrons. The number of carbonyl (C=O) groups is 2. The number of carboxylic acids is 1. The summed E-state index contributed by atoms with van der Waals surface area (Å²) in [7, 11) is 0. The van der Waals surface area contributed by atoms with Crippen molar-refractivity contribution in [2.75, 3.05) is 6.54 Å². The van der Waals surface area contributed by atoms with Crippen molar-refractivity contribution < 1.29 is 24.2 Å². The van der Waals surface area contributed by atoms with E-state index in [9.17, 15) is 9.59 Å². The van der Waals surface area contributed by atoms with E-state index in [-0.39, 0.29) is 11.9 Å². The molecule has 2 aromatic carbocycles. The first-order chi connectivity index (χ1) is 18.1. The van der Waals surface area contributed by atoms with Crippen molar-refractivity contribution in [2.45, 2.75) is 65.2 Å². The van der Waals surface area contributed by atoms with Crippen molar-refractivity contribution >= 4 is 12.1 Å². The summed E-state index contributed by atoms with van der Waals surface area (Å²) in [4.78, 5) is 22.4. The quantitative estimate of drug-likeness (QED) is 0.291. The molecule has 0 fully saturated rings. The van der Waals surface area contributed by atoms with Gasteiger partial charge in [-0.15, -0.1) is 0 Å². The van der Waals surface area contributed by atoms with Gasteiger partial charge in [-0.3, -0.25) is 10.2 Å². The van der Waals surface area contributed by atoms with Crippen LogP contribution in [-0.4, -0.2) is 39.1 Å². The second-order valence-electron chi connectivity index (χ2n) is 9.99. The molecule has 0 aliphatic carbocycles. The van der Waals surface area contributed by atoms with Gasteiger partial charge >= 0.3 is 12.1 Å². The topological polar surface area (TPSA) is 127 Å². The van der Waals surface area contributed by atoms with Gasteiger partial charge in [0, 0.05) is 25.1 Å². The first-order valence-corrected chi connectivity index (χ1v) is 12.7. The lowest BCUT2D eigenvalue weighted by Crippen LogP contribution is -2.33. The SMILES string of the molecule is CC(C)(C)OC(=O)NCCCc1ccc(COc2ccc(-c3ccc(=N)n(CCCC(=O)O)n3)cc2)cc1. The third-order valence-electron chi connectivity index (χ3n) is 5.56. The van der Waals surface area contributed by atoms with Crippen LogP contribution >= 0.6 is 0 Å². The molecular formula is C29H36N4O5. The lowest BCUT2D eigenvalue weighted by Gasteiger charge is -2.19. The highest BCUT2D eigenvalue weighted by Gasteiger charge is 2.15. The van der Waals surface area contributed by atoms with Crippen molar-refractivity contribution in [3.8, 4) is 17.0 Å². The Bertz CT molecular complexity index is 1260. The average molecular weight is 521 g/mol. The minimum atomic E-state index is -0.857. The number of hydrogen-bond acceptors (Lipinski definition) is 6. The van der Waals surface area contributed by atoms with Gasteiger partial charge < -0.3 is 19.9 Å². The molecule has 38 heavy (non-hydrogen) atoms. The summed E-state index contributed by atoms with van der Waals surface area (Å²) in [5.74, 6) is -0.123. The highest BCUT2D eigenvalue weighted by Crippen LogP contribution is 2.21. The molecule has 0 spiro atoms. The number of amides is 1. The summed E-state index contributed by atoms with van der Waals surface area (Å²) >= 11 is 0. The summed E-state index contributed by atoms with van der Waals surface area (Å²) in [6, 6.07) is 19.3. The van der Waals surface area contributed by atoms with E-state index in [2.05, 4.69) is 22.5 Å². The van der Waals surface area contributed by atoms with Crippen LogP contribution < -0.4 is 15.5 Å². The Morgan fingerprint density at radius 1 is 0.974 bits per heavy atom. The Labute approximate surface area is 222 Å². The molecule has 0 unspecified atom stereocenters. The van der Waals surface area contributed by atoms with Gasteiger partial charge in [-0.1, -0.05) is 24.3 Å². The zero-order chi connectivity index (χ0) is 27.5. The van der Waals surface area contributed by atoms with Gasteiger partial charge in [-0.05, 0) is 87.6 Å². The van der Waals surface area contributed by atoms with E-state index in [1.54, 1.807) is 12.1 Å². The number of carboxylic acid groups (broad SMARTS) is 1. The number of hydrogen-bond donors (Lipinski definition) is 3. The van der Waals surface area contributed by atoms with E-state index in [1.165, 1.54) is 10.2 Å². The van der Waals surface area contributed by atoms with Crippen LogP contribution in [0.5, 0.6) is 5.75 Å². The number of rotatable bonds is 12. The third kappa shape index (κ3) is 9.72. The first kappa shape index (κ1) is 28.4. The molecule has 0 atom stereocenters. The highest BCUT2D eigenvalue weighted by molar-refractivity contribution is 5.67. The van der Waals surface area contributed by atoms with E-state index in [0.717, 1.165) is 29.7 Å². The Morgan fingerprint density at radius 2 is 1.66 bits per heavy atom. The van der Waals surface area contributed by atoms with Crippen LogP contribution in [-0.2, 0) is 29.1 Å². The second kappa shape index (κ2) is 13.4. The first-order valence-electron chi connectivity index (χ1n) is 12.7. The number of aryl methyl sites for hydroxylation is 2. The minimum Gasteiger partial charge on any atom is -0.489 e. The zero-order valence-electron chi connectivity index (χ0n) is 22.2. The largest absolute Gasteiger partial charge is 0.489 e. The van der Waals surface area contributed by atoms with Gasteiger partial charge in [-0.25, -0.2) is 9.48 Å². The Hall–Kier alpha value is -4.14. The van der Waals surface area contributed by atoms with Crippen molar-refractivity contribution in [3.63, 3.8) is 0 Å². The Balaban J connectivity index is 1.46. The van der Waals surface area contributed by atoms with Gasteiger partial charge in [0.25, 0.3) is 0 Å². The number of carbonyl (C=O) groups excluding carboxylic acids is 1. The lowest BCUT2D eigenvalue weighted by atomic mass is 10.1. The van der Waals surface area contributed by atoms with Crippen LogP contribution in [0.1, 0.15) is 51.2 Å². The van der Waals surface area contributed by atoms with E-state index >= 15 is 0 Å². The molecule has 0 saturated heterocycles. The molecule has 0 radical (unpaired) electrons. The maximum absolute atomic E-state index is 11.7. The molecule has 1 aromatic heterocycles. The number of ether oxygens (including phenoxy) is 2. The molecule has 1 amide bonds. The standard InChI is InChI=1S/C29H36N4O5/c1-29(2,3)38-28(36)31-18-4-6-21-8-10-22(11-9-21)20-37-24-14-12-23(13-15-24)25-16-17-26(30)33(32-25)19-5-7-27(34)35/h8-17,30H,4-7,18-20H2,1-3H3,(H,31,36)(H,34,35). The van der Waals surface area contributed by atoms with Crippen LogP contribution in [0.15, 0.2) is 60.7 Å². The van der Waals surface area contributed by atoms with Gasteiger partial charge in [0.15, 0.2) is 0 Å². The predicted octanol–water partition coefficient (Wildman–Crippen LogP) is 4.93. The number of aromatic nitrogens is 2. The van der Waals surface area contributed by atoms with Gasteiger partial charge in [0.05, 0.1) is 5.69 Å². The molecule has 3 rings (SSSR count). The van der Waals surface area contributed by atoms with Crippen molar-refractivity contribution in [1.82, 2.24) is 15.1 Å². The van der Waals surface area contributed by atoms with Crippen LogP contribution in [0.2, 0.25) is 0 Å². The van der Waals surface area contributed by atoms with Gasteiger partial charge in [0.1, 0.15) is 23.4 Å². The Morgan fingerprint density at radius 3 is 2.32 bits per heavy atom. The molecule has 9 nitrogen and oxygen atoms in total. The monoisotopic (exact) mass is 520 g/mol. The van der Waals surface area contributed by atoms with E-state index in [4.69, 9.17) is 20.0 Å². The Kier molecular flexibility index (Phi) is 10.0. The fourth-order valence-electron chi connectivity index (χ4n) is 3.65. The normalized spacial score (nSPS) is 11.1. The average Bonchev–Trinajstić information content (AvgIpc) is 2.86. The third-order valence-corrected chi connectivity index (χ3v) is 5.56. The molecule has 3 N–H and O–H groups in total. The smallest absolute Gasteiger partial charge is 0.407 e. The van der Waals surface area contributed by atoms with Gasteiger partial charge in [-0.2, -0.15) is 5.10 Å². The number of nitrogens with zero attached hydrogens (tertiary/aromatic N) is 2. The van der Waals surface area contributed by atoms with E-state index in [0.29, 0.717) is 31.8 Å². The summed E-state index contributed by atoms with van der Waals surface area (Å²) < 4.78 is 12.7. The van der Waals surface area contributed by atoms with Crippen LogP contribution in [0, 0.1) is 5.41 Å². The molecule has 0 saturated carbocycles. The molecule has 0 aliphatic heterocycles. The maximum atomic E-state index is 11.7. The fourth-order valence-corrected chi connectivity index (χ4v) is 3.65. The molecule has 3 aromatic rings. The van der Waals surface area contributed by atoms with Crippen molar-refractivity contribution in [3.05, 3.63) is 77.3 Å². The minimum absolute atomic E-state index is 0.0421. The summed E-state index contributed by atoms with van der Waals surface area (Å²) in [5.41, 5.74) is 3.58. The van der Waals surface area contributed by atoms with E-state index in [1.807, 2.05) is 57.2 Å². The summed E-state index contributed by atoms with van der Waals surface area (Å²) in [5, 5.41) is 24.1.